The van der Waals surface area contributed by atoms with Crippen molar-refractivity contribution < 1.29 is 18.9 Å². The van der Waals surface area contributed by atoms with E-state index in [-0.39, 0.29) is 0 Å². The summed E-state index contributed by atoms with van der Waals surface area (Å²) in [7, 11) is 6.69. The third-order valence-corrected chi connectivity index (χ3v) is 11.0. The molecule has 0 N–H and O–H groups in total. The Morgan fingerprint density at radius 2 is 0.586 bits per heavy atom. The summed E-state index contributed by atoms with van der Waals surface area (Å²) in [4.78, 5) is 23.7. The number of nitrogens with zero attached hydrogens (tertiary/aromatic N) is 4. The van der Waals surface area contributed by atoms with Crippen LogP contribution in [0.5, 0.6) is 23.0 Å². The van der Waals surface area contributed by atoms with E-state index in [1.807, 2.05) is 97.1 Å². The van der Waals surface area contributed by atoms with Gasteiger partial charge in [0.05, 0.1) is 51.3 Å². The maximum atomic E-state index is 5.93. The van der Waals surface area contributed by atoms with E-state index in [1.165, 1.54) is 0 Å². The van der Waals surface area contributed by atoms with Crippen LogP contribution < -0.4 is 18.9 Å². The molecule has 8 heteroatoms. The molecule has 290 valence electrons. The fraction of sp³-hybridized carbons (Fsp3) is 0.200. The number of benzene rings is 6. The molecule has 6 aromatic carbocycles. The Balaban J connectivity index is 1.54. The zero-order valence-corrected chi connectivity index (χ0v) is 33.7. The van der Waals surface area contributed by atoms with Gasteiger partial charge in [0.15, 0.2) is 0 Å². The summed E-state index contributed by atoms with van der Waals surface area (Å²) < 4.78 is 22.4. The predicted octanol–water partition coefficient (Wildman–Crippen LogP) is 9.84. The first-order chi connectivity index (χ1) is 28.4. The molecule has 0 saturated carbocycles. The van der Waals surface area contributed by atoms with Crippen molar-refractivity contribution in [1.82, 2.24) is 0 Å². The summed E-state index contributed by atoms with van der Waals surface area (Å²) in [5.74, 6) is 3.00. The Kier molecular flexibility index (Phi) is 10.5. The minimum Gasteiger partial charge on any atom is -0.497 e. The molecule has 2 aliphatic rings. The van der Waals surface area contributed by atoms with E-state index in [9.17, 15) is 0 Å². The van der Waals surface area contributed by atoms with Crippen molar-refractivity contribution in [3.8, 4) is 23.0 Å². The van der Waals surface area contributed by atoms with Gasteiger partial charge in [-0.3, -0.25) is 0 Å². The summed E-state index contributed by atoms with van der Waals surface area (Å²) in [5.41, 5.74) is 7.68. The van der Waals surface area contributed by atoms with Crippen molar-refractivity contribution >= 4 is 22.8 Å². The second-order valence-corrected chi connectivity index (χ2v) is 14.1. The fourth-order valence-electron chi connectivity index (χ4n) is 7.98. The molecule has 0 saturated heterocycles. The molecule has 0 bridgehead atoms. The number of aryl methyl sites for hydroxylation is 2. The maximum Gasteiger partial charge on any atom is 0.226 e. The van der Waals surface area contributed by atoms with E-state index in [0.717, 1.165) is 103 Å². The quantitative estimate of drug-likeness (QED) is 0.117. The van der Waals surface area contributed by atoms with Gasteiger partial charge >= 0.3 is 0 Å². The molecule has 6 aromatic rings. The second kappa shape index (κ2) is 16.0. The predicted molar refractivity (Wildman–Crippen MR) is 233 cm³/mol. The number of ether oxygens (including phenoxy) is 4. The molecule has 0 fully saturated rings. The molecule has 8 nitrogen and oxygen atoms in total. The molecule has 0 radical (unpaired) electrons. The van der Waals surface area contributed by atoms with Crippen LogP contribution in [-0.2, 0) is 24.2 Å². The molecule has 0 spiro atoms. The van der Waals surface area contributed by atoms with Crippen molar-refractivity contribution in [2.24, 2.45) is 20.0 Å². The van der Waals surface area contributed by atoms with Gasteiger partial charge in [0.1, 0.15) is 23.0 Å². The van der Waals surface area contributed by atoms with Gasteiger partial charge in [-0.2, -0.15) is 0 Å². The lowest BCUT2D eigenvalue weighted by Gasteiger charge is -2.40. The zero-order chi connectivity index (χ0) is 40.3. The lowest BCUT2D eigenvalue weighted by Crippen LogP contribution is -2.44. The summed E-state index contributed by atoms with van der Waals surface area (Å²) in [6.45, 7) is 4.34. The van der Waals surface area contributed by atoms with Crippen LogP contribution in [0.4, 0.5) is 0 Å². The summed E-state index contributed by atoms with van der Waals surface area (Å²) in [6.07, 6.45) is 1.49. The van der Waals surface area contributed by atoms with Gasteiger partial charge in [0.2, 0.25) is 11.3 Å². The lowest BCUT2D eigenvalue weighted by atomic mass is 9.78. The highest BCUT2D eigenvalue weighted by molar-refractivity contribution is 6.56. The number of rotatable bonds is 13. The van der Waals surface area contributed by atoms with E-state index in [2.05, 4.69) is 62.4 Å². The van der Waals surface area contributed by atoms with E-state index < -0.39 is 11.3 Å². The molecule has 0 unspecified atom stereocenters. The van der Waals surface area contributed by atoms with E-state index >= 15 is 0 Å². The van der Waals surface area contributed by atoms with Crippen molar-refractivity contribution in [2.75, 3.05) is 28.4 Å². The minimum absolute atomic E-state index is 0.723. The highest BCUT2D eigenvalue weighted by atomic mass is 16.5. The summed E-state index contributed by atoms with van der Waals surface area (Å²) >= 11 is 0. The topological polar surface area (TPSA) is 86.4 Å². The van der Waals surface area contributed by atoms with Gasteiger partial charge in [-0.25, -0.2) is 20.0 Å². The summed E-state index contributed by atoms with van der Waals surface area (Å²) in [6, 6.07) is 48.9. The SMILES string of the molecule is CCc1ccccc1C1(C2(c3ccccc3CC)N=C(c3ccc(OC)cc3)C(c3ccc(OC)cc3)=N2)N=C(c2ccc(OC)cc2)C(c2ccc(OC)cc2)=N1. The molecule has 8 rings (SSSR count). The van der Waals surface area contributed by atoms with Crippen molar-refractivity contribution in [3.63, 3.8) is 0 Å². The van der Waals surface area contributed by atoms with E-state index in [1.54, 1.807) is 28.4 Å². The normalized spacial score (nSPS) is 15.2. The van der Waals surface area contributed by atoms with Gasteiger partial charge in [0, 0.05) is 33.4 Å². The molecular weight excluding hydrogens is 721 g/mol. The standard InChI is InChI=1S/C50H46N4O4/c1-7-33-13-9-11-15-43(33)49(51-45(35-17-25-39(55-3)26-18-35)46(52-49)36-19-27-40(56-4)28-20-36)50(44-16-12-10-14-34(44)8-2)53-47(37-21-29-41(57-5)30-22-37)48(54-50)38-23-31-42(58-6)32-24-38/h9-32H,7-8H2,1-6H3. The van der Waals surface area contributed by atoms with Crippen LogP contribution in [0, 0.1) is 0 Å². The Bertz CT molecular complexity index is 2250. The van der Waals surface area contributed by atoms with Crippen LogP contribution in [0.1, 0.15) is 58.4 Å². The molecule has 0 atom stereocenters. The first-order valence-electron chi connectivity index (χ1n) is 19.5. The van der Waals surface area contributed by atoms with E-state index in [4.69, 9.17) is 38.9 Å². The van der Waals surface area contributed by atoms with Crippen LogP contribution in [0.15, 0.2) is 166 Å². The van der Waals surface area contributed by atoms with Gasteiger partial charge < -0.3 is 18.9 Å². The smallest absolute Gasteiger partial charge is 0.226 e. The van der Waals surface area contributed by atoms with Gasteiger partial charge in [-0.05, 0) is 121 Å². The first kappa shape index (κ1) is 38.1. The van der Waals surface area contributed by atoms with Crippen LogP contribution in [0.3, 0.4) is 0 Å². The van der Waals surface area contributed by atoms with Crippen molar-refractivity contribution in [3.05, 3.63) is 190 Å². The zero-order valence-electron chi connectivity index (χ0n) is 33.7. The molecule has 58 heavy (non-hydrogen) atoms. The Morgan fingerprint density at radius 1 is 0.345 bits per heavy atom. The highest BCUT2D eigenvalue weighted by Crippen LogP contribution is 2.56. The Labute approximate surface area is 340 Å². The first-order valence-corrected chi connectivity index (χ1v) is 19.5. The second-order valence-electron chi connectivity index (χ2n) is 14.1. The van der Waals surface area contributed by atoms with Crippen LogP contribution >= 0.6 is 0 Å². The minimum atomic E-state index is -1.42. The number of hydrogen-bond acceptors (Lipinski definition) is 8. The largest absolute Gasteiger partial charge is 0.497 e. The summed E-state index contributed by atoms with van der Waals surface area (Å²) in [5, 5.41) is 0. The van der Waals surface area contributed by atoms with Crippen LogP contribution in [-0.4, -0.2) is 51.3 Å². The highest BCUT2D eigenvalue weighted by Gasteiger charge is 2.61. The fourth-order valence-corrected chi connectivity index (χ4v) is 7.98. The van der Waals surface area contributed by atoms with Crippen LogP contribution in [0.2, 0.25) is 0 Å². The lowest BCUT2D eigenvalue weighted by molar-refractivity contribution is 0.254. The third-order valence-electron chi connectivity index (χ3n) is 11.0. The van der Waals surface area contributed by atoms with Crippen molar-refractivity contribution in [1.29, 1.82) is 0 Å². The van der Waals surface area contributed by atoms with Gasteiger partial charge in [0.25, 0.3) is 0 Å². The molecule has 0 amide bonds. The van der Waals surface area contributed by atoms with Crippen LogP contribution in [0.25, 0.3) is 0 Å². The Morgan fingerprint density at radius 3 is 0.810 bits per heavy atom. The molecule has 2 aliphatic heterocycles. The average molecular weight is 767 g/mol. The Hall–Kier alpha value is -6.80. The molecule has 0 aromatic heterocycles. The van der Waals surface area contributed by atoms with Gasteiger partial charge in [-0.1, -0.05) is 62.4 Å². The van der Waals surface area contributed by atoms with E-state index in [0.29, 0.717) is 0 Å². The number of hydrogen-bond donors (Lipinski definition) is 0. The molecular formula is C50H46N4O4. The maximum absolute atomic E-state index is 5.93. The number of methoxy groups -OCH3 is 4. The molecule has 0 aliphatic carbocycles. The monoisotopic (exact) mass is 766 g/mol. The molecule has 2 heterocycles. The average Bonchev–Trinajstić information content (AvgIpc) is 3.92. The van der Waals surface area contributed by atoms with Gasteiger partial charge in [-0.15, -0.1) is 0 Å². The van der Waals surface area contributed by atoms with Crippen molar-refractivity contribution in [2.45, 2.75) is 38.0 Å². The number of aliphatic imine (C=N–C) groups is 4. The third kappa shape index (κ3) is 6.54.